The zero-order valence-electron chi connectivity index (χ0n) is 10.9. The highest BCUT2D eigenvalue weighted by molar-refractivity contribution is 7.98. The highest BCUT2D eigenvalue weighted by atomic mass is 32.2. The van der Waals surface area contributed by atoms with Crippen LogP contribution in [0.25, 0.3) is 0 Å². The second-order valence-corrected chi connectivity index (χ2v) is 4.94. The van der Waals surface area contributed by atoms with Gasteiger partial charge in [0.15, 0.2) is 5.69 Å². The Morgan fingerprint density at radius 1 is 1.61 bits per heavy atom. The van der Waals surface area contributed by atoms with Crippen LogP contribution in [0.15, 0.2) is 12.1 Å². The monoisotopic (exact) mass is 269 g/mol. The Hall–Kier alpha value is -1.43. The number of nitrogen functional groups attached to an aromatic ring is 1. The highest BCUT2D eigenvalue weighted by Crippen LogP contribution is 2.18. The number of ether oxygens (including phenoxy) is 1. The van der Waals surface area contributed by atoms with E-state index in [0.717, 1.165) is 12.2 Å². The largest absolute Gasteiger partial charge is 0.464 e. The molecule has 5 nitrogen and oxygen atoms in total. The van der Waals surface area contributed by atoms with Crippen molar-refractivity contribution in [2.45, 2.75) is 19.4 Å². The molecule has 0 aromatic carbocycles. The number of nitrogens with two attached hydrogens (primary N) is 1. The van der Waals surface area contributed by atoms with Gasteiger partial charge in [0.2, 0.25) is 0 Å². The zero-order valence-corrected chi connectivity index (χ0v) is 11.7. The van der Waals surface area contributed by atoms with Gasteiger partial charge in [0.25, 0.3) is 0 Å². The number of rotatable bonds is 6. The molecular weight excluding hydrogens is 250 g/mol. The van der Waals surface area contributed by atoms with E-state index < -0.39 is 5.97 Å². The van der Waals surface area contributed by atoms with Crippen molar-refractivity contribution in [3.8, 4) is 0 Å². The Morgan fingerprint density at radius 2 is 2.33 bits per heavy atom. The van der Waals surface area contributed by atoms with Crippen LogP contribution in [-0.4, -0.2) is 36.1 Å². The Balaban J connectivity index is 2.77. The van der Waals surface area contributed by atoms with Crippen LogP contribution >= 0.6 is 11.8 Å². The summed E-state index contributed by atoms with van der Waals surface area (Å²) < 4.78 is 4.63. The van der Waals surface area contributed by atoms with Crippen molar-refractivity contribution in [2.75, 3.05) is 30.2 Å². The summed E-state index contributed by atoms with van der Waals surface area (Å²) in [5.41, 5.74) is 6.61. The summed E-state index contributed by atoms with van der Waals surface area (Å²) >= 11 is 1.79. The first kappa shape index (κ1) is 14.6. The van der Waals surface area contributed by atoms with Gasteiger partial charge in [-0.25, -0.2) is 9.78 Å². The van der Waals surface area contributed by atoms with E-state index in [-0.39, 0.29) is 11.7 Å². The second-order valence-electron chi connectivity index (χ2n) is 3.95. The van der Waals surface area contributed by atoms with Crippen molar-refractivity contribution in [2.24, 2.45) is 0 Å². The smallest absolute Gasteiger partial charge is 0.356 e. The van der Waals surface area contributed by atoms with E-state index in [0.29, 0.717) is 11.5 Å². The fraction of sp³-hybridized carbons (Fsp3) is 0.500. The number of thioether (sulfide) groups is 1. The number of nitrogens with zero attached hydrogens (tertiary/aromatic N) is 1. The first-order chi connectivity index (χ1) is 8.58. The van der Waals surface area contributed by atoms with Gasteiger partial charge < -0.3 is 15.8 Å². The molecule has 1 unspecified atom stereocenters. The summed E-state index contributed by atoms with van der Waals surface area (Å²) in [5.74, 6) is 1.13. The molecule has 1 aromatic heterocycles. The standard InChI is InChI=1S/C12H19N3O2S/c1-8(6-7-18-3)14-11-9(13)4-5-10(15-11)12(16)17-2/h4-5,8H,6-7,13H2,1-3H3,(H,14,15). The maximum Gasteiger partial charge on any atom is 0.356 e. The van der Waals surface area contributed by atoms with Crippen molar-refractivity contribution in [3.63, 3.8) is 0 Å². The van der Waals surface area contributed by atoms with Gasteiger partial charge in [-0.3, -0.25) is 0 Å². The van der Waals surface area contributed by atoms with Crippen LogP contribution in [0, 0.1) is 0 Å². The molecule has 1 atom stereocenters. The summed E-state index contributed by atoms with van der Waals surface area (Å²) in [6.45, 7) is 2.06. The number of carbonyl (C=O) groups excluding carboxylic acids is 1. The fourth-order valence-electron chi connectivity index (χ4n) is 1.40. The molecule has 0 radical (unpaired) electrons. The Morgan fingerprint density at radius 3 is 2.94 bits per heavy atom. The summed E-state index contributed by atoms with van der Waals surface area (Å²) in [6, 6.07) is 3.46. The minimum atomic E-state index is -0.463. The van der Waals surface area contributed by atoms with Crippen molar-refractivity contribution < 1.29 is 9.53 Å². The van der Waals surface area contributed by atoms with Crippen molar-refractivity contribution >= 4 is 29.2 Å². The summed E-state index contributed by atoms with van der Waals surface area (Å²) in [4.78, 5) is 15.6. The highest BCUT2D eigenvalue weighted by Gasteiger charge is 2.11. The van der Waals surface area contributed by atoms with Gasteiger partial charge in [-0.05, 0) is 37.5 Å². The van der Waals surface area contributed by atoms with Crippen LogP contribution < -0.4 is 11.1 Å². The molecule has 3 N–H and O–H groups in total. The molecule has 0 spiro atoms. The van der Waals surface area contributed by atoms with E-state index in [2.05, 4.69) is 28.2 Å². The lowest BCUT2D eigenvalue weighted by atomic mass is 10.2. The lowest BCUT2D eigenvalue weighted by Crippen LogP contribution is -2.19. The van der Waals surface area contributed by atoms with Crippen molar-refractivity contribution in [3.05, 3.63) is 17.8 Å². The number of aromatic nitrogens is 1. The van der Waals surface area contributed by atoms with Gasteiger partial charge in [-0.2, -0.15) is 11.8 Å². The number of hydrogen-bond acceptors (Lipinski definition) is 6. The quantitative estimate of drug-likeness (QED) is 0.769. The lowest BCUT2D eigenvalue weighted by molar-refractivity contribution is 0.0594. The lowest BCUT2D eigenvalue weighted by Gasteiger charge is -2.15. The summed E-state index contributed by atoms with van der Waals surface area (Å²) in [5, 5.41) is 3.21. The molecule has 100 valence electrons. The number of pyridine rings is 1. The van der Waals surface area contributed by atoms with Crippen molar-refractivity contribution in [1.82, 2.24) is 4.98 Å². The maximum absolute atomic E-state index is 11.4. The van der Waals surface area contributed by atoms with E-state index in [1.54, 1.807) is 23.9 Å². The molecule has 0 aliphatic carbocycles. The topological polar surface area (TPSA) is 77.2 Å². The third kappa shape index (κ3) is 4.10. The van der Waals surface area contributed by atoms with Gasteiger partial charge in [0.05, 0.1) is 12.8 Å². The molecule has 6 heteroatoms. The summed E-state index contributed by atoms with van der Waals surface area (Å²) in [6.07, 6.45) is 3.07. The minimum Gasteiger partial charge on any atom is -0.464 e. The van der Waals surface area contributed by atoms with E-state index in [1.165, 1.54) is 7.11 Å². The third-order valence-electron chi connectivity index (χ3n) is 2.46. The van der Waals surface area contributed by atoms with Crippen LogP contribution in [0.1, 0.15) is 23.8 Å². The number of hydrogen-bond donors (Lipinski definition) is 2. The minimum absolute atomic E-state index is 0.250. The van der Waals surface area contributed by atoms with Crippen LogP contribution in [0.5, 0.6) is 0 Å². The van der Waals surface area contributed by atoms with Crippen LogP contribution in [0.4, 0.5) is 11.5 Å². The molecule has 0 aliphatic rings. The molecule has 0 saturated heterocycles. The third-order valence-corrected chi connectivity index (χ3v) is 3.10. The summed E-state index contributed by atoms with van der Waals surface area (Å²) in [7, 11) is 1.33. The van der Waals surface area contributed by atoms with Gasteiger partial charge in [-0.1, -0.05) is 0 Å². The van der Waals surface area contributed by atoms with Gasteiger partial charge in [0.1, 0.15) is 5.82 Å². The number of anilines is 2. The maximum atomic E-state index is 11.4. The van der Waals surface area contributed by atoms with E-state index in [9.17, 15) is 4.79 Å². The van der Waals surface area contributed by atoms with Crippen LogP contribution in [0.3, 0.4) is 0 Å². The molecule has 1 rings (SSSR count). The predicted molar refractivity (Wildman–Crippen MR) is 76.1 cm³/mol. The van der Waals surface area contributed by atoms with Crippen LogP contribution in [-0.2, 0) is 4.74 Å². The van der Waals surface area contributed by atoms with E-state index in [1.807, 2.05) is 0 Å². The Labute approximate surface area is 111 Å². The molecular formula is C12H19N3O2S. The van der Waals surface area contributed by atoms with E-state index in [4.69, 9.17) is 5.73 Å². The number of methoxy groups -OCH3 is 1. The fourth-order valence-corrected chi connectivity index (χ4v) is 1.99. The predicted octanol–water partition coefficient (Wildman–Crippen LogP) is 2.00. The second kappa shape index (κ2) is 7.10. The molecule has 1 heterocycles. The SMILES string of the molecule is COC(=O)c1ccc(N)c(NC(C)CCSC)n1. The van der Waals surface area contributed by atoms with Crippen molar-refractivity contribution in [1.29, 1.82) is 0 Å². The molecule has 0 bridgehead atoms. The molecule has 0 amide bonds. The Kier molecular flexibility index (Phi) is 5.77. The van der Waals surface area contributed by atoms with Gasteiger partial charge in [-0.15, -0.1) is 0 Å². The normalized spacial score (nSPS) is 11.9. The first-order valence-electron chi connectivity index (χ1n) is 5.68. The molecule has 0 fully saturated rings. The van der Waals surface area contributed by atoms with Gasteiger partial charge in [0, 0.05) is 6.04 Å². The average Bonchev–Trinajstić information content (AvgIpc) is 2.38. The molecule has 0 aliphatic heterocycles. The Bertz CT molecular complexity index is 412. The average molecular weight is 269 g/mol. The first-order valence-corrected chi connectivity index (χ1v) is 7.08. The van der Waals surface area contributed by atoms with Crippen LogP contribution in [0.2, 0.25) is 0 Å². The number of carbonyl (C=O) groups is 1. The van der Waals surface area contributed by atoms with E-state index >= 15 is 0 Å². The number of esters is 1. The molecule has 1 aromatic rings. The molecule has 0 saturated carbocycles. The zero-order chi connectivity index (χ0) is 13.5. The number of nitrogens with one attached hydrogen (secondary N) is 1. The van der Waals surface area contributed by atoms with Gasteiger partial charge >= 0.3 is 5.97 Å². The molecule has 18 heavy (non-hydrogen) atoms.